The van der Waals surface area contributed by atoms with Crippen LogP contribution in [-0.4, -0.2) is 114 Å². The van der Waals surface area contributed by atoms with E-state index in [1.165, 1.54) is 10.5 Å². The van der Waals surface area contributed by atoms with Crippen LogP contribution in [0.25, 0.3) is 38.5 Å². The molecule has 1 unspecified atom stereocenters. The molecule has 0 bridgehead atoms. The van der Waals surface area contributed by atoms with Crippen LogP contribution in [0.15, 0.2) is 100 Å². The topological polar surface area (TPSA) is 172 Å². The van der Waals surface area contributed by atoms with Crippen molar-refractivity contribution < 1.29 is 47.8 Å². The molecular weight excluding hydrogens is 925 g/mol. The molecule has 6 aromatic rings. The zero-order valence-electron chi connectivity index (χ0n) is 43.2. The number of rotatable bonds is 24. The van der Waals surface area contributed by atoms with E-state index in [1.807, 2.05) is 102 Å². The van der Waals surface area contributed by atoms with E-state index in [2.05, 4.69) is 45.0 Å². The highest BCUT2D eigenvalue weighted by molar-refractivity contribution is 6.19. The first kappa shape index (κ1) is 52.7. The predicted molar refractivity (Wildman–Crippen MR) is 282 cm³/mol. The summed E-state index contributed by atoms with van der Waals surface area (Å²) >= 11 is 0. The minimum atomic E-state index is -0.811. The van der Waals surface area contributed by atoms with E-state index in [-0.39, 0.29) is 68.9 Å². The standard InChI is InChI=1S/C59H68N4O10/c1-37-48(21-22-60-37)43-16-13-41(14-17-43)15-20-55(67)53-32-45(65)35-63(53)58(68)51(59(5,6)7)31-46(66)36-71-26-25-69-23-24-70-27-28-72-47-18-19-52-50(33-47)57-49(39(3)64)29-44(56-38(2)61-73-40(56)4)30-54(57)62(52)34-42-11-9-8-10-12-42/h8-14,16-19,22,29-30,33,45,51,53,65H,15,20-21,23-28,31-32,34-36H2,1-7H3/t45?,51-,53+/m1/s1. The lowest BCUT2D eigenvalue weighted by atomic mass is 9.76. The molecule has 2 aliphatic heterocycles. The molecule has 1 saturated heterocycles. The van der Waals surface area contributed by atoms with Crippen LogP contribution in [0, 0.1) is 25.2 Å². The van der Waals surface area contributed by atoms with Crippen molar-refractivity contribution in [3.8, 4) is 16.9 Å². The molecule has 1 fully saturated rings. The van der Waals surface area contributed by atoms with Crippen molar-refractivity contribution in [3.63, 3.8) is 0 Å². The van der Waals surface area contributed by atoms with Gasteiger partial charge in [-0.05, 0) is 97.7 Å². The van der Waals surface area contributed by atoms with Gasteiger partial charge in [-0.25, -0.2) is 0 Å². The van der Waals surface area contributed by atoms with E-state index >= 15 is 0 Å². The van der Waals surface area contributed by atoms with Gasteiger partial charge in [0, 0.05) is 84.0 Å². The minimum Gasteiger partial charge on any atom is -0.491 e. The lowest BCUT2D eigenvalue weighted by Crippen LogP contribution is -2.47. The largest absolute Gasteiger partial charge is 0.491 e. The number of allylic oxidation sites excluding steroid dienone is 2. The fourth-order valence-corrected chi connectivity index (χ4v) is 10.1. The third-order valence-corrected chi connectivity index (χ3v) is 14.0. The van der Waals surface area contributed by atoms with Gasteiger partial charge in [-0.2, -0.15) is 0 Å². The molecule has 0 radical (unpaired) electrons. The number of Topliss-reactive ketones (excluding diaryl/α,β-unsaturated/α-hetero) is 3. The molecular formula is C59H68N4O10. The molecule has 4 heterocycles. The Balaban J connectivity index is 0.770. The fraction of sp³-hybridized carbons (Fsp3) is 0.424. The van der Waals surface area contributed by atoms with Crippen LogP contribution in [0.3, 0.4) is 0 Å². The number of carbonyl (C=O) groups is 4. The monoisotopic (exact) mass is 992 g/mol. The number of hydrogen-bond acceptors (Lipinski definition) is 12. The number of aryl methyl sites for hydroxylation is 3. The zero-order chi connectivity index (χ0) is 51.8. The number of aliphatic hydroxyl groups is 1. The number of aromatic nitrogens is 2. The van der Waals surface area contributed by atoms with Crippen LogP contribution in [0.2, 0.25) is 0 Å². The van der Waals surface area contributed by atoms with E-state index in [1.54, 1.807) is 6.92 Å². The molecule has 1 N–H and O–H groups in total. The van der Waals surface area contributed by atoms with Crippen molar-refractivity contribution in [2.45, 2.75) is 99.3 Å². The summed E-state index contributed by atoms with van der Waals surface area (Å²) in [5, 5.41) is 16.6. The average molecular weight is 993 g/mol. The second-order valence-electron chi connectivity index (χ2n) is 20.4. The Bertz CT molecular complexity index is 3000. The summed E-state index contributed by atoms with van der Waals surface area (Å²) in [5.41, 5.74) is 9.94. The lowest BCUT2D eigenvalue weighted by molar-refractivity contribution is -0.146. The number of nitrogens with zero attached hydrogens (tertiary/aromatic N) is 4. The summed E-state index contributed by atoms with van der Waals surface area (Å²) in [6.45, 7) is 15.3. The second-order valence-corrected chi connectivity index (χ2v) is 20.4. The number of carbonyl (C=O) groups excluding carboxylic acids is 4. The summed E-state index contributed by atoms with van der Waals surface area (Å²) < 4.78 is 31.0. The van der Waals surface area contributed by atoms with Gasteiger partial charge in [-0.1, -0.05) is 80.5 Å². The van der Waals surface area contributed by atoms with Crippen LogP contribution in [-0.2, 0) is 41.6 Å². The van der Waals surface area contributed by atoms with Gasteiger partial charge in [0.2, 0.25) is 5.91 Å². The van der Waals surface area contributed by atoms with E-state index < -0.39 is 23.5 Å². The van der Waals surface area contributed by atoms with E-state index in [0.29, 0.717) is 56.5 Å². The van der Waals surface area contributed by atoms with Crippen molar-refractivity contribution in [2.24, 2.45) is 16.3 Å². The Morgan fingerprint density at radius 1 is 0.822 bits per heavy atom. The number of ketones is 3. The van der Waals surface area contributed by atoms with Crippen molar-refractivity contribution in [3.05, 3.63) is 124 Å². The molecule has 3 atom stereocenters. The number of aliphatic hydroxyl groups excluding tert-OH is 1. The molecule has 2 aliphatic rings. The molecule has 384 valence electrons. The quantitative estimate of drug-likeness (QED) is 0.0452. The van der Waals surface area contributed by atoms with Crippen molar-refractivity contribution in [2.75, 3.05) is 52.8 Å². The highest BCUT2D eigenvalue weighted by atomic mass is 16.6. The van der Waals surface area contributed by atoms with Gasteiger partial charge in [0.15, 0.2) is 17.3 Å². The highest BCUT2D eigenvalue weighted by Crippen LogP contribution is 2.40. The molecule has 0 aliphatic carbocycles. The number of amides is 1. The Labute approximate surface area is 427 Å². The molecule has 1 amide bonds. The number of hydrogen-bond donors (Lipinski definition) is 1. The summed E-state index contributed by atoms with van der Waals surface area (Å²) in [5.74, 6) is -0.0178. The number of benzene rings is 4. The Morgan fingerprint density at radius 3 is 2.19 bits per heavy atom. The average Bonchev–Trinajstić information content (AvgIpc) is 4.15. The van der Waals surface area contributed by atoms with Crippen molar-refractivity contribution in [1.29, 1.82) is 0 Å². The summed E-state index contributed by atoms with van der Waals surface area (Å²) in [6, 6.07) is 27.7. The van der Waals surface area contributed by atoms with Gasteiger partial charge in [0.05, 0.1) is 56.4 Å². The molecule has 8 rings (SSSR count). The van der Waals surface area contributed by atoms with Gasteiger partial charge < -0.3 is 38.0 Å². The van der Waals surface area contributed by atoms with Crippen molar-refractivity contribution >= 4 is 56.9 Å². The number of β-amino-alcohol motifs (C(OH)–C–C–N with tert-alkyl or cyclic N) is 1. The first-order chi connectivity index (χ1) is 35.1. The van der Waals surface area contributed by atoms with Crippen LogP contribution < -0.4 is 4.74 Å². The van der Waals surface area contributed by atoms with Crippen molar-refractivity contribution in [1.82, 2.24) is 14.6 Å². The zero-order valence-corrected chi connectivity index (χ0v) is 43.2. The van der Waals surface area contributed by atoms with Gasteiger partial charge in [-0.3, -0.25) is 24.2 Å². The van der Waals surface area contributed by atoms with Gasteiger partial charge >= 0.3 is 0 Å². The van der Waals surface area contributed by atoms with Crippen LogP contribution in [0.1, 0.15) is 98.8 Å². The van der Waals surface area contributed by atoms with Crippen LogP contribution in [0.5, 0.6) is 5.75 Å². The van der Waals surface area contributed by atoms with E-state index in [9.17, 15) is 24.3 Å². The molecule has 4 aromatic carbocycles. The third kappa shape index (κ3) is 12.6. The minimum absolute atomic E-state index is 0.0456. The van der Waals surface area contributed by atoms with Crippen LogP contribution >= 0.6 is 0 Å². The fourth-order valence-electron chi connectivity index (χ4n) is 10.1. The highest BCUT2D eigenvalue weighted by Gasteiger charge is 2.44. The van der Waals surface area contributed by atoms with Gasteiger partial charge in [0.1, 0.15) is 24.7 Å². The number of fused-ring (bicyclic) bond motifs is 3. The third-order valence-electron chi connectivity index (χ3n) is 14.0. The molecule has 14 heteroatoms. The Kier molecular flexibility index (Phi) is 17.0. The van der Waals surface area contributed by atoms with Gasteiger partial charge in [-0.15, -0.1) is 0 Å². The van der Waals surface area contributed by atoms with E-state index in [4.69, 9.17) is 23.5 Å². The second kappa shape index (κ2) is 23.5. The molecule has 73 heavy (non-hydrogen) atoms. The smallest absolute Gasteiger partial charge is 0.227 e. The number of aliphatic imine (C=N–C) groups is 1. The Hall–Kier alpha value is -6.58. The van der Waals surface area contributed by atoms with E-state index in [0.717, 1.165) is 67.4 Å². The number of likely N-dealkylation sites (tertiary alicyclic amines) is 1. The van der Waals surface area contributed by atoms with Crippen LogP contribution in [0.4, 0.5) is 0 Å². The maximum absolute atomic E-state index is 14.1. The Morgan fingerprint density at radius 2 is 1.53 bits per heavy atom. The molecule has 0 saturated carbocycles. The normalized spacial score (nSPS) is 16.3. The molecule has 2 aromatic heterocycles. The molecule has 0 spiro atoms. The first-order valence-electron chi connectivity index (χ1n) is 25.4. The maximum atomic E-state index is 14.1. The summed E-state index contributed by atoms with van der Waals surface area (Å²) in [4.78, 5) is 60.1. The molecule has 14 nitrogen and oxygen atoms in total. The first-order valence-corrected chi connectivity index (χ1v) is 25.4. The summed E-state index contributed by atoms with van der Waals surface area (Å²) in [7, 11) is 0. The maximum Gasteiger partial charge on any atom is 0.227 e. The van der Waals surface area contributed by atoms with Gasteiger partial charge in [0.25, 0.3) is 0 Å². The predicted octanol–water partition coefficient (Wildman–Crippen LogP) is 9.74. The lowest BCUT2D eigenvalue weighted by Gasteiger charge is -2.34. The summed E-state index contributed by atoms with van der Waals surface area (Å²) in [6.07, 6.45) is 2.81. The SMILES string of the molecule is CC(=O)c1cc(-c2c(C)noc2C)cc2c1c1cc(OCCOCCOCCOCC(=O)C[C@H](C(=O)N3CC(O)C[C@H]3C(=O)CCc3ccc(C4=C(C)N=CC4)cc3)C(C)(C)C)ccc1n2Cc1ccccc1. The number of ether oxygens (including phenoxy) is 4.